The summed E-state index contributed by atoms with van der Waals surface area (Å²) in [6, 6.07) is 8.52. The van der Waals surface area contributed by atoms with Gasteiger partial charge in [0.15, 0.2) is 0 Å². The molecule has 0 aliphatic rings. The van der Waals surface area contributed by atoms with Crippen molar-refractivity contribution in [1.82, 2.24) is 9.88 Å². The fraction of sp³-hybridized carbons (Fsp3) is 0.385. The summed E-state index contributed by atoms with van der Waals surface area (Å²) >= 11 is 5.62. The van der Waals surface area contributed by atoms with E-state index in [1.54, 1.807) is 0 Å². The Hall–Kier alpha value is -0.990. The van der Waals surface area contributed by atoms with E-state index < -0.39 is 0 Å². The van der Waals surface area contributed by atoms with Gasteiger partial charge in [0.25, 0.3) is 0 Å². The highest BCUT2D eigenvalue weighted by Gasteiger charge is 2.04. The number of nitrogens with one attached hydrogen (secondary N) is 1. The maximum Gasteiger partial charge on any atom is 0.0480 e. The Morgan fingerprint density at radius 3 is 2.88 bits per heavy atom. The highest BCUT2D eigenvalue weighted by atomic mass is 35.5. The lowest BCUT2D eigenvalue weighted by Gasteiger charge is -2.01. The molecule has 0 aliphatic heterocycles. The molecule has 0 saturated carbocycles. The molecule has 0 aliphatic carbocycles. The monoisotopic (exact) mass is 236 g/mol. The highest BCUT2D eigenvalue weighted by molar-refractivity contribution is 6.18. The van der Waals surface area contributed by atoms with E-state index in [0.717, 1.165) is 19.5 Å². The first-order valence-corrected chi connectivity index (χ1v) is 6.16. The van der Waals surface area contributed by atoms with E-state index in [1.165, 1.54) is 16.5 Å². The fourth-order valence-corrected chi connectivity index (χ4v) is 2.17. The van der Waals surface area contributed by atoms with Gasteiger partial charge in [-0.1, -0.05) is 18.2 Å². The van der Waals surface area contributed by atoms with Crippen LogP contribution in [-0.2, 0) is 13.5 Å². The van der Waals surface area contributed by atoms with Crippen LogP contribution in [-0.4, -0.2) is 23.5 Å². The Morgan fingerprint density at radius 2 is 2.06 bits per heavy atom. The largest absolute Gasteiger partial charge is 0.350 e. The molecule has 0 saturated heterocycles. The van der Waals surface area contributed by atoms with Crippen LogP contribution in [0.4, 0.5) is 0 Å². The first-order valence-electron chi connectivity index (χ1n) is 5.62. The van der Waals surface area contributed by atoms with Crippen molar-refractivity contribution in [3.05, 3.63) is 36.0 Å². The van der Waals surface area contributed by atoms with Crippen molar-refractivity contribution in [3.8, 4) is 0 Å². The zero-order valence-corrected chi connectivity index (χ0v) is 10.3. The molecule has 0 bridgehead atoms. The van der Waals surface area contributed by atoms with Crippen LogP contribution in [0.5, 0.6) is 0 Å². The van der Waals surface area contributed by atoms with Crippen molar-refractivity contribution >= 4 is 22.5 Å². The summed E-state index contributed by atoms with van der Waals surface area (Å²) in [6.07, 6.45) is 3.27. The molecule has 2 nitrogen and oxygen atoms in total. The number of hydrogen-bond acceptors (Lipinski definition) is 1. The number of halogens is 1. The maximum absolute atomic E-state index is 5.62. The molecule has 86 valence electrons. The lowest BCUT2D eigenvalue weighted by molar-refractivity contribution is 0.720. The number of hydrogen-bond donors (Lipinski definition) is 1. The molecule has 0 fully saturated rings. The molecule has 0 radical (unpaired) electrons. The number of benzene rings is 1. The Balaban J connectivity index is 2.12. The lowest BCUT2D eigenvalue weighted by atomic mass is 10.1. The molecule has 0 atom stereocenters. The average molecular weight is 237 g/mol. The Labute approximate surface area is 101 Å². The first kappa shape index (κ1) is 11.5. The molecule has 1 aromatic carbocycles. The predicted molar refractivity (Wildman–Crippen MR) is 70.2 cm³/mol. The molecule has 0 unspecified atom stereocenters. The van der Waals surface area contributed by atoms with Crippen LogP contribution in [0, 0.1) is 0 Å². The number of rotatable bonds is 5. The topological polar surface area (TPSA) is 17.0 Å². The van der Waals surface area contributed by atoms with E-state index in [4.69, 9.17) is 11.6 Å². The zero-order chi connectivity index (χ0) is 11.4. The van der Waals surface area contributed by atoms with Crippen molar-refractivity contribution in [2.24, 2.45) is 7.05 Å². The molecule has 1 N–H and O–H groups in total. The third kappa shape index (κ3) is 2.39. The summed E-state index contributed by atoms with van der Waals surface area (Å²) in [5.41, 5.74) is 2.70. The third-order valence-electron chi connectivity index (χ3n) is 2.82. The Morgan fingerprint density at radius 1 is 1.25 bits per heavy atom. The van der Waals surface area contributed by atoms with Crippen LogP contribution in [0.3, 0.4) is 0 Å². The first-order chi connectivity index (χ1) is 7.83. The summed E-state index contributed by atoms with van der Waals surface area (Å²) in [7, 11) is 2.10. The fourth-order valence-electron chi connectivity index (χ4n) is 2.04. The van der Waals surface area contributed by atoms with E-state index in [-0.39, 0.29) is 0 Å². The number of aryl methyl sites for hydroxylation is 1. The van der Waals surface area contributed by atoms with Crippen LogP contribution in [0.2, 0.25) is 0 Å². The second kappa shape index (κ2) is 5.37. The predicted octanol–water partition coefficient (Wildman–Crippen LogP) is 2.55. The van der Waals surface area contributed by atoms with Crippen molar-refractivity contribution in [1.29, 1.82) is 0 Å². The summed E-state index contributed by atoms with van der Waals surface area (Å²) in [5, 5.41) is 4.68. The van der Waals surface area contributed by atoms with Gasteiger partial charge in [-0.2, -0.15) is 0 Å². The van der Waals surface area contributed by atoms with Gasteiger partial charge in [0.05, 0.1) is 0 Å². The van der Waals surface area contributed by atoms with Crippen LogP contribution in [0.25, 0.3) is 10.9 Å². The van der Waals surface area contributed by atoms with Gasteiger partial charge in [0.1, 0.15) is 0 Å². The molecular weight excluding hydrogens is 220 g/mol. The Bertz CT molecular complexity index is 462. The summed E-state index contributed by atoms with van der Waals surface area (Å²) in [5.74, 6) is 0.676. The van der Waals surface area contributed by atoms with Crippen LogP contribution in [0.1, 0.15) is 5.56 Å². The molecule has 0 amide bonds. The number of alkyl halides is 1. The van der Waals surface area contributed by atoms with Crippen molar-refractivity contribution in [3.63, 3.8) is 0 Å². The third-order valence-corrected chi connectivity index (χ3v) is 3.01. The van der Waals surface area contributed by atoms with Gasteiger partial charge >= 0.3 is 0 Å². The van der Waals surface area contributed by atoms with E-state index in [1.807, 2.05) is 0 Å². The van der Waals surface area contributed by atoms with Crippen molar-refractivity contribution in [2.75, 3.05) is 19.0 Å². The number of nitrogens with zero attached hydrogens (tertiary/aromatic N) is 1. The maximum atomic E-state index is 5.62. The highest BCUT2D eigenvalue weighted by Crippen LogP contribution is 2.20. The molecule has 1 heterocycles. The number of para-hydroxylation sites is 1. The van der Waals surface area contributed by atoms with Crippen LogP contribution >= 0.6 is 11.6 Å². The molecule has 16 heavy (non-hydrogen) atoms. The molecular formula is C13H17ClN2. The van der Waals surface area contributed by atoms with Gasteiger partial charge in [-0.05, 0) is 24.6 Å². The van der Waals surface area contributed by atoms with Crippen molar-refractivity contribution < 1.29 is 0 Å². The van der Waals surface area contributed by atoms with Gasteiger partial charge in [0.2, 0.25) is 0 Å². The summed E-state index contributed by atoms with van der Waals surface area (Å²) in [4.78, 5) is 0. The molecule has 2 rings (SSSR count). The minimum Gasteiger partial charge on any atom is -0.350 e. The van der Waals surface area contributed by atoms with Gasteiger partial charge in [-0.25, -0.2) is 0 Å². The van der Waals surface area contributed by atoms with Gasteiger partial charge in [-0.3, -0.25) is 0 Å². The van der Waals surface area contributed by atoms with Gasteiger partial charge in [0, 0.05) is 36.6 Å². The average Bonchev–Trinajstić information content (AvgIpc) is 2.63. The molecule has 2 aromatic rings. The molecule has 0 spiro atoms. The van der Waals surface area contributed by atoms with Crippen molar-refractivity contribution in [2.45, 2.75) is 6.42 Å². The zero-order valence-electron chi connectivity index (χ0n) is 9.54. The Kier molecular flexibility index (Phi) is 3.86. The minimum absolute atomic E-state index is 0.676. The van der Waals surface area contributed by atoms with E-state index in [2.05, 4.69) is 47.4 Å². The van der Waals surface area contributed by atoms with E-state index in [9.17, 15) is 0 Å². The summed E-state index contributed by atoms with van der Waals surface area (Å²) in [6.45, 7) is 1.87. The van der Waals surface area contributed by atoms with Crippen LogP contribution in [0.15, 0.2) is 30.5 Å². The number of fused-ring (bicyclic) bond motifs is 1. The van der Waals surface area contributed by atoms with E-state index in [0.29, 0.717) is 5.88 Å². The quantitative estimate of drug-likeness (QED) is 0.624. The molecule has 3 heteroatoms. The number of aromatic nitrogens is 1. The van der Waals surface area contributed by atoms with E-state index >= 15 is 0 Å². The normalized spacial score (nSPS) is 11.1. The SMILES string of the molecule is Cn1cc(CCNCCCl)c2ccccc21. The summed E-state index contributed by atoms with van der Waals surface area (Å²) < 4.78 is 2.19. The lowest BCUT2D eigenvalue weighted by Crippen LogP contribution is -2.19. The standard InChI is InChI=1S/C13H17ClN2/c1-16-10-11(6-8-15-9-7-14)12-4-2-3-5-13(12)16/h2-5,10,15H,6-9H2,1H3. The van der Waals surface area contributed by atoms with Gasteiger partial charge < -0.3 is 9.88 Å². The van der Waals surface area contributed by atoms with Gasteiger partial charge in [-0.15, -0.1) is 11.6 Å². The second-order valence-corrected chi connectivity index (χ2v) is 4.35. The molecule has 1 aromatic heterocycles. The minimum atomic E-state index is 0.676. The van der Waals surface area contributed by atoms with Crippen LogP contribution < -0.4 is 5.32 Å². The second-order valence-electron chi connectivity index (χ2n) is 3.97. The smallest absolute Gasteiger partial charge is 0.0480 e.